The smallest absolute Gasteiger partial charge is 0.309 e. The van der Waals surface area contributed by atoms with Crippen molar-refractivity contribution in [2.24, 2.45) is 11.8 Å². The van der Waals surface area contributed by atoms with Gasteiger partial charge in [-0.15, -0.1) is 0 Å². The van der Waals surface area contributed by atoms with Crippen molar-refractivity contribution >= 4 is 5.97 Å². The van der Waals surface area contributed by atoms with Gasteiger partial charge in [0.2, 0.25) is 0 Å². The van der Waals surface area contributed by atoms with Gasteiger partial charge in [0, 0.05) is 6.20 Å². The molecular formula is C12H12N2O2. The minimum atomic E-state index is -0.136. The molecular weight excluding hydrogens is 204 g/mol. The number of rotatable bonds is 3. The van der Waals surface area contributed by atoms with Gasteiger partial charge >= 0.3 is 5.97 Å². The summed E-state index contributed by atoms with van der Waals surface area (Å²) in [5.74, 6) is 0.403. The monoisotopic (exact) mass is 216 g/mol. The van der Waals surface area contributed by atoms with E-state index in [-0.39, 0.29) is 18.5 Å². The Bertz CT molecular complexity index is 451. The van der Waals surface area contributed by atoms with Crippen LogP contribution in [0.25, 0.3) is 0 Å². The van der Waals surface area contributed by atoms with Crippen molar-refractivity contribution in [3.63, 3.8) is 0 Å². The highest BCUT2D eigenvalue weighted by Gasteiger charge is 2.40. The van der Waals surface area contributed by atoms with Crippen LogP contribution in [0.15, 0.2) is 18.3 Å². The van der Waals surface area contributed by atoms with Gasteiger partial charge in [-0.25, -0.2) is 4.98 Å². The third-order valence-electron chi connectivity index (χ3n) is 2.73. The molecule has 2 unspecified atom stereocenters. The molecule has 0 spiro atoms. The van der Waals surface area contributed by atoms with Crippen LogP contribution >= 0.6 is 0 Å². The number of nitriles is 1. The Labute approximate surface area is 93.9 Å². The minimum absolute atomic E-state index is 0.0808. The van der Waals surface area contributed by atoms with Gasteiger partial charge in [0.25, 0.3) is 0 Å². The van der Waals surface area contributed by atoms with E-state index in [4.69, 9.17) is 10.00 Å². The minimum Gasteiger partial charge on any atom is -0.461 e. The highest BCUT2D eigenvalue weighted by atomic mass is 16.5. The van der Waals surface area contributed by atoms with Crippen LogP contribution in [0.5, 0.6) is 0 Å². The first kappa shape index (κ1) is 10.6. The maximum absolute atomic E-state index is 11.4. The fourth-order valence-corrected chi connectivity index (χ4v) is 1.54. The zero-order valence-electron chi connectivity index (χ0n) is 9.01. The zero-order chi connectivity index (χ0) is 11.5. The SMILES string of the molecule is CC1CC1C(=O)OCc1ccnc(C#N)c1. The highest BCUT2D eigenvalue weighted by Crippen LogP contribution is 2.38. The van der Waals surface area contributed by atoms with Crippen molar-refractivity contribution in [2.75, 3.05) is 0 Å². The third-order valence-corrected chi connectivity index (χ3v) is 2.73. The molecule has 0 aromatic carbocycles. The van der Waals surface area contributed by atoms with E-state index in [1.54, 1.807) is 18.3 Å². The third kappa shape index (κ3) is 2.37. The maximum Gasteiger partial charge on any atom is 0.309 e. The molecule has 0 saturated heterocycles. The summed E-state index contributed by atoms with van der Waals surface area (Å²) in [4.78, 5) is 15.3. The zero-order valence-corrected chi connectivity index (χ0v) is 9.01. The van der Waals surface area contributed by atoms with Gasteiger partial charge in [-0.2, -0.15) is 5.26 Å². The lowest BCUT2D eigenvalue weighted by Crippen LogP contribution is -2.07. The molecule has 0 bridgehead atoms. The number of carbonyl (C=O) groups excluding carboxylic acids is 1. The number of pyridine rings is 1. The summed E-state index contributed by atoms with van der Waals surface area (Å²) in [7, 11) is 0. The molecule has 1 aliphatic rings. The van der Waals surface area contributed by atoms with E-state index in [9.17, 15) is 4.79 Å². The van der Waals surface area contributed by atoms with Crippen LogP contribution in [0.2, 0.25) is 0 Å². The first-order valence-corrected chi connectivity index (χ1v) is 5.22. The van der Waals surface area contributed by atoms with E-state index >= 15 is 0 Å². The average Bonchev–Trinajstić information content (AvgIpc) is 3.04. The van der Waals surface area contributed by atoms with E-state index in [1.165, 1.54) is 0 Å². The topological polar surface area (TPSA) is 63.0 Å². The lowest BCUT2D eigenvalue weighted by atomic mass is 10.2. The van der Waals surface area contributed by atoms with E-state index < -0.39 is 0 Å². The molecule has 1 aliphatic carbocycles. The van der Waals surface area contributed by atoms with Gasteiger partial charge in [-0.05, 0) is 30.0 Å². The van der Waals surface area contributed by atoms with E-state index in [0.29, 0.717) is 11.6 Å². The van der Waals surface area contributed by atoms with Crippen LogP contribution in [0, 0.1) is 23.2 Å². The van der Waals surface area contributed by atoms with Gasteiger partial charge in [0.05, 0.1) is 5.92 Å². The van der Waals surface area contributed by atoms with Crippen LogP contribution < -0.4 is 0 Å². The molecule has 1 heterocycles. The molecule has 2 rings (SSSR count). The summed E-state index contributed by atoms with van der Waals surface area (Å²) in [6, 6.07) is 5.31. The Kier molecular flexibility index (Phi) is 2.86. The number of ether oxygens (including phenoxy) is 1. The Morgan fingerprint density at radius 1 is 1.75 bits per heavy atom. The molecule has 1 aromatic rings. The summed E-state index contributed by atoms with van der Waals surface area (Å²) in [6.07, 6.45) is 2.47. The van der Waals surface area contributed by atoms with Crippen molar-refractivity contribution in [1.82, 2.24) is 4.98 Å². The molecule has 1 saturated carbocycles. The molecule has 1 aromatic heterocycles. The second kappa shape index (κ2) is 4.31. The molecule has 0 amide bonds. The van der Waals surface area contributed by atoms with Crippen molar-refractivity contribution in [3.8, 4) is 6.07 Å². The molecule has 82 valence electrons. The molecule has 0 radical (unpaired) electrons. The first-order valence-electron chi connectivity index (χ1n) is 5.22. The predicted molar refractivity (Wildman–Crippen MR) is 56.0 cm³/mol. The molecule has 0 aliphatic heterocycles. The lowest BCUT2D eigenvalue weighted by Gasteiger charge is -2.03. The van der Waals surface area contributed by atoms with Crippen molar-refractivity contribution in [2.45, 2.75) is 20.0 Å². The van der Waals surface area contributed by atoms with Crippen LogP contribution in [0.3, 0.4) is 0 Å². The first-order chi connectivity index (χ1) is 7.70. The largest absolute Gasteiger partial charge is 0.461 e. The number of esters is 1. The second-order valence-electron chi connectivity index (χ2n) is 4.09. The van der Waals surface area contributed by atoms with Crippen LogP contribution in [0.1, 0.15) is 24.6 Å². The van der Waals surface area contributed by atoms with E-state index in [2.05, 4.69) is 4.98 Å². The van der Waals surface area contributed by atoms with E-state index in [0.717, 1.165) is 12.0 Å². The summed E-state index contributed by atoms with van der Waals surface area (Å²) in [5, 5.41) is 8.65. The number of hydrogen-bond donors (Lipinski definition) is 0. The summed E-state index contributed by atoms with van der Waals surface area (Å²) < 4.78 is 5.15. The van der Waals surface area contributed by atoms with Gasteiger partial charge in [0.15, 0.2) is 0 Å². The second-order valence-corrected chi connectivity index (χ2v) is 4.09. The molecule has 4 nitrogen and oxygen atoms in total. The number of hydrogen-bond acceptors (Lipinski definition) is 4. The Balaban J connectivity index is 1.90. The van der Waals surface area contributed by atoms with Crippen LogP contribution in [0.4, 0.5) is 0 Å². The van der Waals surface area contributed by atoms with Gasteiger partial charge in [-0.3, -0.25) is 4.79 Å². The van der Waals surface area contributed by atoms with Gasteiger partial charge < -0.3 is 4.74 Å². The fourth-order valence-electron chi connectivity index (χ4n) is 1.54. The van der Waals surface area contributed by atoms with Gasteiger partial charge in [-0.1, -0.05) is 6.92 Å². The normalized spacial score (nSPS) is 22.2. The molecule has 16 heavy (non-hydrogen) atoms. The van der Waals surface area contributed by atoms with Crippen molar-refractivity contribution in [3.05, 3.63) is 29.6 Å². The van der Waals surface area contributed by atoms with Gasteiger partial charge in [0.1, 0.15) is 18.4 Å². The molecule has 0 N–H and O–H groups in total. The Morgan fingerprint density at radius 3 is 3.12 bits per heavy atom. The fraction of sp³-hybridized carbons (Fsp3) is 0.417. The van der Waals surface area contributed by atoms with E-state index in [1.807, 2.05) is 13.0 Å². The standard InChI is InChI=1S/C12H12N2O2/c1-8-4-11(8)12(15)16-7-9-2-3-14-10(5-9)6-13/h2-3,5,8,11H,4,7H2,1H3. The molecule has 1 fully saturated rings. The lowest BCUT2D eigenvalue weighted by molar-refractivity contribution is -0.146. The Hall–Kier alpha value is -1.89. The van der Waals surface area contributed by atoms with Crippen molar-refractivity contribution < 1.29 is 9.53 Å². The predicted octanol–water partition coefficient (Wildman–Crippen LogP) is 1.65. The number of nitrogens with zero attached hydrogens (tertiary/aromatic N) is 2. The molecule has 2 atom stereocenters. The van der Waals surface area contributed by atoms with Crippen molar-refractivity contribution in [1.29, 1.82) is 5.26 Å². The highest BCUT2D eigenvalue weighted by molar-refractivity contribution is 5.75. The maximum atomic E-state index is 11.4. The number of aromatic nitrogens is 1. The quantitative estimate of drug-likeness (QED) is 0.721. The summed E-state index contributed by atoms with van der Waals surface area (Å²) >= 11 is 0. The summed E-state index contributed by atoms with van der Waals surface area (Å²) in [5.41, 5.74) is 1.14. The average molecular weight is 216 g/mol. The number of carbonyl (C=O) groups is 1. The van der Waals surface area contributed by atoms with Crippen LogP contribution in [-0.2, 0) is 16.1 Å². The van der Waals surface area contributed by atoms with Crippen LogP contribution in [-0.4, -0.2) is 11.0 Å². The summed E-state index contributed by atoms with van der Waals surface area (Å²) in [6.45, 7) is 2.26. The molecule has 4 heteroatoms. The Morgan fingerprint density at radius 2 is 2.50 bits per heavy atom.